The van der Waals surface area contributed by atoms with E-state index in [4.69, 9.17) is 4.98 Å². The number of aliphatic hydroxyl groups is 1. The number of aromatic nitrogens is 6. The lowest BCUT2D eigenvalue weighted by Crippen LogP contribution is -2.30. The van der Waals surface area contributed by atoms with Gasteiger partial charge in [-0.05, 0) is 47.7 Å². The molecule has 0 radical (unpaired) electrons. The topological polar surface area (TPSA) is 110 Å². The predicted molar refractivity (Wildman–Crippen MR) is 127 cm³/mol. The molecule has 0 atom stereocenters. The summed E-state index contributed by atoms with van der Waals surface area (Å²) in [6, 6.07) is 16.1. The van der Waals surface area contributed by atoms with E-state index in [1.165, 1.54) is 0 Å². The fraction of sp³-hybridized carbons (Fsp3) is 0.320. The SMILES string of the molecule is CCCCc1nc(C)n(CCO)c(=O)c1Cc1ccc(-c2ccccc2)c(-c2nn[nH]n2)c1. The molecule has 0 unspecified atom stereocenters. The van der Waals surface area contributed by atoms with Gasteiger partial charge in [-0.1, -0.05) is 55.8 Å². The molecular weight excluding hydrogens is 416 g/mol. The number of hydrogen-bond acceptors (Lipinski definition) is 6. The van der Waals surface area contributed by atoms with Crippen LogP contribution in [0.1, 0.15) is 42.4 Å². The summed E-state index contributed by atoms with van der Waals surface area (Å²) >= 11 is 0. The van der Waals surface area contributed by atoms with Gasteiger partial charge >= 0.3 is 0 Å². The van der Waals surface area contributed by atoms with Crippen molar-refractivity contribution in [3.63, 3.8) is 0 Å². The molecule has 33 heavy (non-hydrogen) atoms. The first kappa shape index (κ1) is 22.5. The van der Waals surface area contributed by atoms with Gasteiger partial charge in [-0.15, -0.1) is 10.2 Å². The van der Waals surface area contributed by atoms with Crippen molar-refractivity contribution in [2.24, 2.45) is 0 Å². The molecule has 0 spiro atoms. The zero-order chi connectivity index (χ0) is 23.2. The number of aryl methyl sites for hydroxylation is 2. The molecule has 0 aliphatic heterocycles. The number of hydrogen-bond donors (Lipinski definition) is 2. The largest absolute Gasteiger partial charge is 0.395 e. The van der Waals surface area contributed by atoms with Gasteiger partial charge in [0.05, 0.1) is 18.8 Å². The van der Waals surface area contributed by atoms with E-state index in [0.717, 1.165) is 47.2 Å². The zero-order valence-corrected chi connectivity index (χ0v) is 19.0. The molecule has 2 heterocycles. The Kier molecular flexibility index (Phi) is 7.04. The fourth-order valence-electron chi connectivity index (χ4n) is 4.08. The molecule has 4 aromatic rings. The van der Waals surface area contributed by atoms with Gasteiger partial charge in [-0.2, -0.15) is 5.21 Å². The smallest absolute Gasteiger partial charge is 0.257 e. The maximum absolute atomic E-state index is 13.3. The van der Waals surface area contributed by atoms with E-state index in [-0.39, 0.29) is 18.7 Å². The summed E-state index contributed by atoms with van der Waals surface area (Å²) in [5.41, 5.74) is 5.28. The van der Waals surface area contributed by atoms with E-state index < -0.39 is 0 Å². The molecule has 0 saturated heterocycles. The summed E-state index contributed by atoms with van der Waals surface area (Å²) in [5, 5.41) is 24.1. The summed E-state index contributed by atoms with van der Waals surface area (Å²) < 4.78 is 1.56. The Morgan fingerprint density at radius 3 is 2.61 bits per heavy atom. The van der Waals surface area contributed by atoms with Crippen LogP contribution >= 0.6 is 0 Å². The predicted octanol–water partition coefficient (Wildman–Crippen LogP) is 3.32. The van der Waals surface area contributed by atoms with Gasteiger partial charge in [0.1, 0.15) is 5.82 Å². The molecule has 2 aromatic heterocycles. The second kappa shape index (κ2) is 10.3. The van der Waals surface area contributed by atoms with Crippen LogP contribution < -0.4 is 5.56 Å². The average molecular weight is 445 g/mol. The number of aromatic amines is 1. The molecule has 0 amide bonds. The van der Waals surface area contributed by atoms with Crippen LogP contribution in [0.25, 0.3) is 22.5 Å². The van der Waals surface area contributed by atoms with Crippen LogP contribution in [0.5, 0.6) is 0 Å². The Morgan fingerprint density at radius 2 is 1.91 bits per heavy atom. The molecule has 8 nitrogen and oxygen atoms in total. The van der Waals surface area contributed by atoms with Gasteiger partial charge in [0, 0.05) is 17.5 Å². The summed E-state index contributed by atoms with van der Waals surface area (Å²) in [5.74, 6) is 1.14. The van der Waals surface area contributed by atoms with Crippen LogP contribution in [-0.4, -0.2) is 41.9 Å². The van der Waals surface area contributed by atoms with E-state index in [0.29, 0.717) is 23.6 Å². The maximum Gasteiger partial charge on any atom is 0.257 e. The highest BCUT2D eigenvalue weighted by Gasteiger charge is 2.17. The van der Waals surface area contributed by atoms with Crippen LogP contribution in [0.4, 0.5) is 0 Å². The number of H-pyrrole nitrogens is 1. The van der Waals surface area contributed by atoms with Crippen molar-refractivity contribution in [2.45, 2.75) is 46.1 Å². The zero-order valence-electron chi connectivity index (χ0n) is 19.0. The first-order chi connectivity index (χ1) is 16.1. The van der Waals surface area contributed by atoms with Crippen molar-refractivity contribution < 1.29 is 5.11 Å². The Labute approximate surface area is 192 Å². The van der Waals surface area contributed by atoms with Gasteiger partial charge in [0.2, 0.25) is 5.82 Å². The molecule has 2 aromatic carbocycles. The summed E-state index contributed by atoms with van der Waals surface area (Å²) in [6.45, 7) is 4.07. The van der Waals surface area contributed by atoms with Crippen molar-refractivity contribution in [1.29, 1.82) is 0 Å². The van der Waals surface area contributed by atoms with Gasteiger partial charge in [-0.25, -0.2) is 4.98 Å². The Bertz CT molecular complexity index is 1270. The van der Waals surface area contributed by atoms with Crippen LogP contribution in [0.2, 0.25) is 0 Å². The minimum atomic E-state index is -0.107. The highest BCUT2D eigenvalue weighted by Crippen LogP contribution is 2.31. The van der Waals surface area contributed by atoms with E-state index in [1.54, 1.807) is 4.57 Å². The third-order valence-corrected chi connectivity index (χ3v) is 5.77. The molecule has 0 aliphatic carbocycles. The van der Waals surface area contributed by atoms with Crippen molar-refractivity contribution in [2.75, 3.05) is 6.61 Å². The molecule has 2 N–H and O–H groups in total. The Hall–Kier alpha value is -3.65. The minimum absolute atomic E-state index is 0.0871. The lowest BCUT2D eigenvalue weighted by atomic mass is 9.94. The number of aliphatic hydroxyl groups excluding tert-OH is 1. The van der Waals surface area contributed by atoms with Crippen LogP contribution in [0.3, 0.4) is 0 Å². The highest BCUT2D eigenvalue weighted by atomic mass is 16.3. The van der Waals surface area contributed by atoms with Crippen molar-refractivity contribution in [3.8, 4) is 22.5 Å². The van der Waals surface area contributed by atoms with E-state index in [1.807, 2.05) is 55.5 Å². The van der Waals surface area contributed by atoms with Gasteiger partial charge in [-0.3, -0.25) is 9.36 Å². The highest BCUT2D eigenvalue weighted by molar-refractivity contribution is 5.80. The van der Waals surface area contributed by atoms with Gasteiger partial charge in [0.15, 0.2) is 0 Å². The third-order valence-electron chi connectivity index (χ3n) is 5.77. The molecule has 8 heteroatoms. The van der Waals surface area contributed by atoms with Crippen molar-refractivity contribution in [3.05, 3.63) is 81.5 Å². The Balaban J connectivity index is 1.80. The van der Waals surface area contributed by atoms with Crippen molar-refractivity contribution >= 4 is 0 Å². The molecule has 0 aliphatic rings. The van der Waals surface area contributed by atoms with Crippen molar-refractivity contribution in [1.82, 2.24) is 30.2 Å². The molecule has 170 valence electrons. The lowest BCUT2D eigenvalue weighted by Gasteiger charge is -2.15. The Morgan fingerprint density at radius 1 is 1.09 bits per heavy atom. The van der Waals surface area contributed by atoms with Gasteiger partial charge < -0.3 is 5.11 Å². The molecule has 0 fully saturated rings. The summed E-state index contributed by atoms with van der Waals surface area (Å²) in [6.07, 6.45) is 3.18. The second-order valence-electron chi connectivity index (χ2n) is 8.03. The lowest BCUT2D eigenvalue weighted by molar-refractivity contribution is 0.271. The number of unbranched alkanes of at least 4 members (excludes halogenated alkanes) is 1. The molecule has 0 saturated carbocycles. The second-order valence-corrected chi connectivity index (χ2v) is 8.03. The van der Waals surface area contributed by atoms with Crippen LogP contribution in [-0.2, 0) is 19.4 Å². The molecule has 4 rings (SSSR count). The van der Waals surface area contributed by atoms with Crippen LogP contribution in [0.15, 0.2) is 53.3 Å². The van der Waals surface area contributed by atoms with Crippen LogP contribution in [0, 0.1) is 6.92 Å². The van der Waals surface area contributed by atoms with Gasteiger partial charge in [0.25, 0.3) is 5.56 Å². The normalized spacial score (nSPS) is 11.1. The minimum Gasteiger partial charge on any atom is -0.395 e. The maximum atomic E-state index is 13.3. The first-order valence-corrected chi connectivity index (χ1v) is 11.2. The molecular formula is C25H28N6O2. The molecule has 0 bridgehead atoms. The standard InChI is InChI=1S/C25H28N6O2/c1-3-4-10-23-22(25(33)31(13-14-32)17(2)26-23)16-18-11-12-20(19-8-6-5-7-9-19)21(15-18)24-27-29-30-28-24/h5-9,11-12,15,32H,3-4,10,13-14,16H2,1-2H3,(H,27,28,29,30). The number of rotatable bonds is 9. The summed E-state index contributed by atoms with van der Waals surface area (Å²) in [4.78, 5) is 18.1. The van der Waals surface area contributed by atoms with E-state index in [2.05, 4.69) is 27.5 Å². The number of tetrazole rings is 1. The summed E-state index contributed by atoms with van der Waals surface area (Å²) in [7, 11) is 0. The number of nitrogens with zero attached hydrogens (tertiary/aromatic N) is 5. The fourth-order valence-corrected chi connectivity index (χ4v) is 4.08. The number of benzene rings is 2. The van der Waals surface area contributed by atoms with E-state index in [9.17, 15) is 9.90 Å². The number of nitrogens with one attached hydrogen (secondary N) is 1. The average Bonchev–Trinajstić information content (AvgIpc) is 3.38. The quantitative estimate of drug-likeness (QED) is 0.410. The first-order valence-electron chi connectivity index (χ1n) is 11.2. The monoisotopic (exact) mass is 444 g/mol. The van der Waals surface area contributed by atoms with E-state index >= 15 is 0 Å². The third kappa shape index (κ3) is 4.90.